The van der Waals surface area contributed by atoms with Crippen LogP contribution < -0.4 is 10.6 Å². The zero-order valence-electron chi connectivity index (χ0n) is 13.2. The Labute approximate surface area is 131 Å². The number of nitrogens with one attached hydrogen (secondary N) is 2. The maximum absolute atomic E-state index is 12.2. The van der Waals surface area contributed by atoms with Crippen molar-refractivity contribution >= 4 is 11.8 Å². The van der Waals surface area contributed by atoms with Gasteiger partial charge < -0.3 is 5.32 Å². The summed E-state index contributed by atoms with van der Waals surface area (Å²) in [5.74, 6) is 0.964. The van der Waals surface area contributed by atoms with E-state index < -0.39 is 0 Å². The van der Waals surface area contributed by atoms with E-state index in [1.165, 1.54) is 16.7 Å². The average Bonchev–Trinajstić information content (AvgIpc) is 2.77. The summed E-state index contributed by atoms with van der Waals surface area (Å²) in [5, 5.41) is 5.87. The third-order valence-corrected chi connectivity index (χ3v) is 4.18. The van der Waals surface area contributed by atoms with E-state index in [0.717, 1.165) is 12.0 Å². The number of hydrogen-bond acceptors (Lipinski definition) is 2. The highest BCUT2D eigenvalue weighted by atomic mass is 16.2. The number of rotatable bonds is 2. The fraction of sp³-hybridized carbons (Fsp3) is 0.333. The SMILES string of the molecule is Cc1ccc(NC(=O)NC2c3ccc(C)cc3CC2C)nc1. The average molecular weight is 295 g/mol. The van der Waals surface area contributed by atoms with Crippen molar-refractivity contribution in [2.75, 3.05) is 5.32 Å². The van der Waals surface area contributed by atoms with Gasteiger partial charge in [-0.05, 0) is 48.9 Å². The van der Waals surface area contributed by atoms with E-state index in [0.29, 0.717) is 11.7 Å². The molecule has 0 aliphatic heterocycles. The summed E-state index contributed by atoms with van der Waals surface area (Å²) in [5.41, 5.74) is 4.90. The van der Waals surface area contributed by atoms with Gasteiger partial charge >= 0.3 is 6.03 Å². The summed E-state index contributed by atoms with van der Waals surface area (Å²) in [6.45, 7) is 6.24. The smallest absolute Gasteiger partial charge is 0.320 e. The number of aryl methyl sites for hydroxylation is 2. The van der Waals surface area contributed by atoms with Crippen LogP contribution in [0.1, 0.15) is 35.2 Å². The molecule has 1 aliphatic carbocycles. The van der Waals surface area contributed by atoms with Crippen molar-refractivity contribution in [3.05, 3.63) is 58.8 Å². The molecule has 1 aromatic carbocycles. The zero-order chi connectivity index (χ0) is 15.7. The number of pyridine rings is 1. The number of benzene rings is 1. The highest BCUT2D eigenvalue weighted by Crippen LogP contribution is 2.36. The topological polar surface area (TPSA) is 54.0 Å². The van der Waals surface area contributed by atoms with E-state index in [1.54, 1.807) is 6.20 Å². The lowest BCUT2D eigenvalue weighted by atomic mass is 10.0. The second-order valence-corrected chi connectivity index (χ2v) is 6.18. The van der Waals surface area contributed by atoms with Gasteiger partial charge in [-0.15, -0.1) is 0 Å². The van der Waals surface area contributed by atoms with E-state index >= 15 is 0 Å². The number of carbonyl (C=O) groups is 1. The van der Waals surface area contributed by atoms with Gasteiger partial charge in [0.15, 0.2) is 0 Å². The van der Waals surface area contributed by atoms with Crippen LogP contribution in [0.4, 0.5) is 10.6 Å². The first-order valence-corrected chi connectivity index (χ1v) is 7.62. The first-order chi connectivity index (χ1) is 10.5. The summed E-state index contributed by atoms with van der Waals surface area (Å²) < 4.78 is 0. The van der Waals surface area contributed by atoms with E-state index in [-0.39, 0.29) is 12.1 Å². The van der Waals surface area contributed by atoms with Crippen molar-refractivity contribution in [2.45, 2.75) is 33.2 Å². The van der Waals surface area contributed by atoms with Crippen LogP contribution in [0.3, 0.4) is 0 Å². The Hall–Kier alpha value is -2.36. The predicted octanol–water partition coefficient (Wildman–Crippen LogP) is 3.75. The Morgan fingerprint density at radius 2 is 1.95 bits per heavy atom. The van der Waals surface area contributed by atoms with Crippen LogP contribution in [-0.4, -0.2) is 11.0 Å². The molecule has 0 spiro atoms. The monoisotopic (exact) mass is 295 g/mol. The number of urea groups is 1. The third kappa shape index (κ3) is 2.96. The lowest BCUT2D eigenvalue weighted by Crippen LogP contribution is -2.34. The van der Waals surface area contributed by atoms with Gasteiger partial charge in [0, 0.05) is 6.20 Å². The second kappa shape index (κ2) is 5.79. The molecule has 0 fully saturated rings. The maximum Gasteiger partial charge on any atom is 0.320 e. The third-order valence-electron chi connectivity index (χ3n) is 4.18. The molecule has 0 radical (unpaired) electrons. The fourth-order valence-electron chi connectivity index (χ4n) is 3.04. The van der Waals surface area contributed by atoms with Crippen LogP contribution in [0, 0.1) is 19.8 Å². The molecule has 0 saturated heterocycles. The van der Waals surface area contributed by atoms with Crippen LogP contribution in [-0.2, 0) is 6.42 Å². The Balaban J connectivity index is 1.70. The number of aromatic nitrogens is 1. The Bertz CT molecular complexity index is 694. The highest BCUT2D eigenvalue weighted by Gasteiger charge is 2.30. The number of anilines is 1. The molecule has 1 heterocycles. The van der Waals surface area contributed by atoms with Crippen LogP contribution in [0.2, 0.25) is 0 Å². The van der Waals surface area contributed by atoms with Crippen LogP contribution in [0.15, 0.2) is 36.5 Å². The van der Waals surface area contributed by atoms with Crippen molar-refractivity contribution in [2.24, 2.45) is 5.92 Å². The molecule has 0 saturated carbocycles. The number of nitrogens with zero attached hydrogens (tertiary/aromatic N) is 1. The van der Waals surface area contributed by atoms with Gasteiger partial charge in [0.25, 0.3) is 0 Å². The van der Waals surface area contributed by atoms with Gasteiger partial charge in [-0.25, -0.2) is 9.78 Å². The minimum atomic E-state index is -0.207. The van der Waals surface area contributed by atoms with Crippen LogP contribution in [0.25, 0.3) is 0 Å². The van der Waals surface area contributed by atoms with E-state index in [1.807, 2.05) is 19.1 Å². The normalized spacial score (nSPS) is 19.6. The van der Waals surface area contributed by atoms with Crippen molar-refractivity contribution in [1.29, 1.82) is 0 Å². The van der Waals surface area contributed by atoms with E-state index in [2.05, 4.69) is 47.7 Å². The molecule has 2 amide bonds. The Morgan fingerprint density at radius 1 is 1.18 bits per heavy atom. The lowest BCUT2D eigenvalue weighted by Gasteiger charge is -2.19. The molecule has 22 heavy (non-hydrogen) atoms. The molecule has 0 bridgehead atoms. The summed E-state index contributed by atoms with van der Waals surface area (Å²) in [6, 6.07) is 10.0. The molecule has 4 nitrogen and oxygen atoms in total. The number of fused-ring (bicyclic) bond motifs is 1. The van der Waals surface area contributed by atoms with Gasteiger partial charge in [0.2, 0.25) is 0 Å². The minimum Gasteiger partial charge on any atom is -0.331 e. The quantitative estimate of drug-likeness (QED) is 0.886. The molecular weight excluding hydrogens is 274 g/mol. The van der Waals surface area contributed by atoms with Crippen LogP contribution >= 0.6 is 0 Å². The predicted molar refractivity (Wildman–Crippen MR) is 87.9 cm³/mol. The number of carbonyl (C=O) groups excluding carboxylic acids is 1. The first-order valence-electron chi connectivity index (χ1n) is 7.62. The Morgan fingerprint density at radius 3 is 2.68 bits per heavy atom. The maximum atomic E-state index is 12.2. The van der Waals surface area contributed by atoms with Crippen molar-refractivity contribution in [1.82, 2.24) is 10.3 Å². The molecular formula is C18H21N3O. The van der Waals surface area contributed by atoms with E-state index in [9.17, 15) is 4.79 Å². The fourth-order valence-corrected chi connectivity index (χ4v) is 3.04. The van der Waals surface area contributed by atoms with Gasteiger partial charge in [0.05, 0.1) is 6.04 Å². The summed E-state index contributed by atoms with van der Waals surface area (Å²) >= 11 is 0. The van der Waals surface area contributed by atoms with Gasteiger partial charge in [-0.3, -0.25) is 5.32 Å². The standard InChI is InChI=1S/C18H21N3O/c1-11-4-6-15-14(8-11)9-13(3)17(15)21-18(22)20-16-7-5-12(2)10-19-16/h4-8,10,13,17H,9H2,1-3H3,(H2,19,20,21,22). The zero-order valence-corrected chi connectivity index (χ0v) is 13.2. The summed E-state index contributed by atoms with van der Waals surface area (Å²) in [6.07, 6.45) is 2.75. The Kier molecular flexibility index (Phi) is 3.84. The minimum absolute atomic E-state index is 0.0565. The van der Waals surface area contributed by atoms with Crippen molar-refractivity contribution < 1.29 is 4.79 Å². The summed E-state index contributed by atoms with van der Waals surface area (Å²) in [4.78, 5) is 16.4. The summed E-state index contributed by atoms with van der Waals surface area (Å²) in [7, 11) is 0. The number of amides is 2. The van der Waals surface area contributed by atoms with Crippen LogP contribution in [0.5, 0.6) is 0 Å². The molecule has 4 heteroatoms. The lowest BCUT2D eigenvalue weighted by molar-refractivity contribution is 0.245. The number of hydrogen-bond donors (Lipinski definition) is 2. The van der Waals surface area contributed by atoms with Crippen molar-refractivity contribution in [3.8, 4) is 0 Å². The van der Waals surface area contributed by atoms with Crippen molar-refractivity contribution in [3.63, 3.8) is 0 Å². The largest absolute Gasteiger partial charge is 0.331 e. The molecule has 3 rings (SSSR count). The molecule has 1 aromatic heterocycles. The molecule has 2 N–H and O–H groups in total. The molecule has 114 valence electrons. The molecule has 2 atom stereocenters. The molecule has 1 aliphatic rings. The second-order valence-electron chi connectivity index (χ2n) is 6.18. The van der Waals surface area contributed by atoms with Gasteiger partial charge in [0.1, 0.15) is 5.82 Å². The molecule has 2 aromatic rings. The van der Waals surface area contributed by atoms with E-state index in [4.69, 9.17) is 0 Å². The van der Waals surface area contributed by atoms with Gasteiger partial charge in [-0.1, -0.05) is 36.8 Å². The molecule has 2 unspecified atom stereocenters. The highest BCUT2D eigenvalue weighted by molar-refractivity contribution is 5.88. The first kappa shape index (κ1) is 14.6. The van der Waals surface area contributed by atoms with Gasteiger partial charge in [-0.2, -0.15) is 0 Å².